The minimum atomic E-state index is -2.33. The van der Waals surface area contributed by atoms with Gasteiger partial charge in [0.25, 0.3) is 0 Å². The van der Waals surface area contributed by atoms with Crippen molar-refractivity contribution in [1.29, 1.82) is 0 Å². The summed E-state index contributed by atoms with van der Waals surface area (Å²) in [6, 6.07) is 0. The van der Waals surface area contributed by atoms with Gasteiger partial charge in [0.2, 0.25) is 5.78 Å². The lowest BCUT2D eigenvalue weighted by molar-refractivity contribution is -0.234. The SMILES string of the molecule is CCCC1O[C@@H]2C[C@H]3[C@@H]4C[C@H](F)C5=CC(=O)C=C[C@]5(C)[C@@]4(F)[C@@H](O)C[C@]3(C)[C@]2(C(=O)COC(=O)N(C)CCSSC(C)(C)CC(=O)CCCOCCOCCOCCNC(=O)OCC2[C@H]3CCC#CCC[C@@H]23)O1. The maximum absolute atomic E-state index is 17.8. The van der Waals surface area contributed by atoms with E-state index < -0.39 is 89.0 Å². The van der Waals surface area contributed by atoms with Crippen LogP contribution in [-0.4, -0.2) is 159 Å². The number of Topliss-reactive ketones (excluding diaryl/α,β-unsaturated/α-hetero) is 2. The first-order valence-corrected chi connectivity index (χ1v) is 28.8. The van der Waals surface area contributed by atoms with Crippen molar-refractivity contribution in [2.75, 3.05) is 78.7 Å². The van der Waals surface area contributed by atoms with Crippen LogP contribution in [0.5, 0.6) is 0 Å². The van der Waals surface area contributed by atoms with Gasteiger partial charge in [0, 0.05) is 79.7 Å². The summed E-state index contributed by atoms with van der Waals surface area (Å²) in [5.41, 5.74) is -6.77. The van der Waals surface area contributed by atoms with E-state index in [1.807, 2.05) is 20.8 Å². The molecule has 73 heavy (non-hydrogen) atoms. The number of nitrogens with one attached hydrogen (secondary N) is 1. The third-order valence-corrected chi connectivity index (χ3v) is 19.9. The highest BCUT2D eigenvalue weighted by Gasteiger charge is 2.80. The van der Waals surface area contributed by atoms with Gasteiger partial charge in [-0.3, -0.25) is 14.4 Å². The number of hydrogen-bond acceptors (Lipinski definition) is 15. The van der Waals surface area contributed by atoms with Crippen LogP contribution in [0.3, 0.4) is 0 Å². The number of aliphatic hydroxyl groups excluding tert-OH is 1. The topological polar surface area (TPSA) is 185 Å². The van der Waals surface area contributed by atoms with Crippen molar-refractivity contribution < 1.29 is 71.0 Å². The Hall–Kier alpha value is -3.09. The molecule has 19 heteroatoms. The maximum atomic E-state index is 17.8. The predicted octanol–water partition coefficient (Wildman–Crippen LogP) is 7.95. The van der Waals surface area contributed by atoms with Crippen LogP contribution in [0, 0.1) is 52.3 Å². The summed E-state index contributed by atoms with van der Waals surface area (Å²) in [7, 11) is 4.66. The molecule has 7 aliphatic rings. The van der Waals surface area contributed by atoms with E-state index >= 15 is 8.78 Å². The largest absolute Gasteiger partial charge is 0.449 e. The monoisotopic (exact) mass is 1060 g/mol. The molecule has 1 aliphatic heterocycles. The Labute approximate surface area is 437 Å². The first kappa shape index (κ1) is 57.6. The fraction of sp³-hybridized carbons (Fsp3) is 0.796. The highest BCUT2D eigenvalue weighted by Crippen LogP contribution is 2.72. The lowest BCUT2D eigenvalue weighted by atomic mass is 9.44. The molecule has 2 N–H and O–H groups in total. The van der Waals surface area contributed by atoms with E-state index in [0.29, 0.717) is 115 Å². The fourth-order valence-corrected chi connectivity index (χ4v) is 15.5. The average molecular weight is 1070 g/mol. The summed E-state index contributed by atoms with van der Waals surface area (Å²) < 4.78 is 74.2. The van der Waals surface area contributed by atoms with Crippen molar-refractivity contribution in [3.8, 4) is 11.8 Å². The van der Waals surface area contributed by atoms with Gasteiger partial charge >= 0.3 is 12.2 Å². The number of rotatable bonds is 27. The van der Waals surface area contributed by atoms with Gasteiger partial charge in [0.05, 0.1) is 51.8 Å². The third-order valence-electron chi connectivity index (χ3n) is 16.7. The van der Waals surface area contributed by atoms with Gasteiger partial charge in [-0.25, -0.2) is 18.4 Å². The maximum Gasteiger partial charge on any atom is 0.409 e. The summed E-state index contributed by atoms with van der Waals surface area (Å²) >= 11 is 0. The minimum Gasteiger partial charge on any atom is -0.449 e. The van der Waals surface area contributed by atoms with Crippen LogP contribution in [0.4, 0.5) is 18.4 Å². The summed E-state index contributed by atoms with van der Waals surface area (Å²) in [5.74, 6) is 6.13. The van der Waals surface area contributed by atoms with Gasteiger partial charge in [-0.15, -0.1) is 11.8 Å². The standard InChI is InChI=1S/C54H78F2N2O13S2/c1-7-13-47-70-46-30-40-41-29-43(55)42-28-35(59)17-18-51(42,4)53(41,56)44(61)32-52(40,5)54(46,71-47)45(62)34-69-49(64)58(6)20-27-72-73-50(2,3)31-36(60)14-12-21-65-23-25-67-26-24-66-22-19-57-48(63)68-33-39-37-15-10-8-9-11-16-38(37)39/h17-18,28,37-41,43-44,46-47,61H,7,10-16,19-27,29-34H2,1-6H3,(H,57,63)/t37-,38+,39?,40-,41-,43-,44-,46+,47?,51-,52-,53-,54+/m0/s1. The van der Waals surface area contributed by atoms with Crippen molar-refractivity contribution in [3.05, 3.63) is 23.8 Å². The zero-order chi connectivity index (χ0) is 52.6. The first-order valence-electron chi connectivity index (χ1n) is 26.4. The third kappa shape index (κ3) is 12.7. The number of halogens is 2. The number of ether oxygens (including phenoxy) is 7. The molecule has 13 atom stereocenters. The molecule has 4 saturated carbocycles. The highest BCUT2D eigenvalue weighted by molar-refractivity contribution is 8.77. The van der Waals surface area contributed by atoms with Crippen molar-refractivity contribution in [2.24, 2.45) is 40.4 Å². The van der Waals surface area contributed by atoms with Crippen molar-refractivity contribution >= 4 is 51.1 Å². The average Bonchev–Trinajstić information content (AvgIpc) is 3.72. The molecule has 2 unspecified atom stereocenters. The van der Waals surface area contributed by atoms with Crippen molar-refractivity contribution in [1.82, 2.24) is 10.2 Å². The van der Waals surface area contributed by atoms with Crippen LogP contribution >= 0.6 is 21.6 Å². The summed E-state index contributed by atoms with van der Waals surface area (Å²) in [6.07, 6.45) is 4.10. The second-order valence-electron chi connectivity index (χ2n) is 22.0. The van der Waals surface area contributed by atoms with Crippen LogP contribution in [0.2, 0.25) is 0 Å². The molecule has 0 aromatic carbocycles. The van der Waals surface area contributed by atoms with Gasteiger partial charge in [-0.05, 0) is 107 Å². The Bertz CT molecular complexity index is 2100. The molecule has 15 nitrogen and oxygen atoms in total. The number of amides is 2. The molecule has 0 aromatic rings. The van der Waals surface area contributed by atoms with Gasteiger partial charge < -0.3 is 48.5 Å². The molecule has 7 rings (SSSR count). The predicted molar refractivity (Wildman–Crippen MR) is 272 cm³/mol. The van der Waals surface area contributed by atoms with Crippen molar-refractivity contribution in [3.63, 3.8) is 0 Å². The van der Waals surface area contributed by atoms with Gasteiger partial charge in [-0.2, -0.15) is 0 Å². The van der Waals surface area contributed by atoms with E-state index in [2.05, 4.69) is 17.2 Å². The molecule has 2 amide bonds. The number of aliphatic hydroxyl groups is 1. The number of alkyl halides is 2. The summed E-state index contributed by atoms with van der Waals surface area (Å²) in [6.45, 7) is 12.1. The van der Waals surface area contributed by atoms with E-state index in [4.69, 9.17) is 33.2 Å². The molecular weight excluding hydrogens is 987 g/mol. The van der Waals surface area contributed by atoms with Gasteiger partial charge in [0.15, 0.2) is 29.9 Å². The van der Waals surface area contributed by atoms with Crippen LogP contribution in [0.25, 0.3) is 0 Å². The van der Waals surface area contributed by atoms with E-state index in [1.54, 1.807) is 24.8 Å². The molecule has 1 saturated heterocycles. The molecule has 0 bridgehead atoms. The number of fused-ring (bicyclic) bond motifs is 8. The lowest BCUT2D eigenvalue weighted by Crippen LogP contribution is -2.71. The number of hydrogen-bond donors (Lipinski definition) is 2. The number of nitrogens with zero attached hydrogens (tertiary/aromatic N) is 1. The number of allylic oxidation sites excluding steroid dienone is 4. The smallest absolute Gasteiger partial charge is 0.409 e. The van der Waals surface area contributed by atoms with Crippen LogP contribution in [0.15, 0.2) is 23.8 Å². The van der Waals surface area contributed by atoms with E-state index in [1.165, 1.54) is 34.8 Å². The molecular formula is C54H78F2N2O13S2. The number of ketones is 3. The van der Waals surface area contributed by atoms with E-state index in [9.17, 15) is 29.1 Å². The molecule has 6 aliphatic carbocycles. The fourth-order valence-electron chi connectivity index (χ4n) is 12.9. The Morgan fingerprint density at radius 2 is 1.67 bits per heavy atom. The molecule has 0 aromatic heterocycles. The second-order valence-corrected chi connectivity index (χ2v) is 25.1. The number of carbonyl (C=O) groups is 5. The van der Waals surface area contributed by atoms with Gasteiger partial charge in [-0.1, -0.05) is 47.9 Å². The summed E-state index contributed by atoms with van der Waals surface area (Å²) in [4.78, 5) is 66.4. The zero-order valence-corrected chi connectivity index (χ0v) is 45.2. The van der Waals surface area contributed by atoms with Crippen molar-refractivity contribution in [2.45, 2.75) is 152 Å². The Morgan fingerprint density at radius 1 is 0.986 bits per heavy atom. The summed E-state index contributed by atoms with van der Waals surface area (Å²) in [5, 5.41) is 14.6. The highest BCUT2D eigenvalue weighted by atomic mass is 33.1. The Kier molecular flexibility index (Phi) is 19.7. The molecule has 1 heterocycles. The van der Waals surface area contributed by atoms with E-state index in [-0.39, 0.29) is 35.4 Å². The minimum absolute atomic E-state index is 0.0194. The normalized spacial score (nSPS) is 34.8. The Morgan fingerprint density at radius 3 is 2.37 bits per heavy atom. The quantitative estimate of drug-likeness (QED) is 0.0459. The number of carbonyl (C=O) groups excluding carboxylic acids is 5. The molecule has 408 valence electrons. The van der Waals surface area contributed by atoms with Crippen LogP contribution < -0.4 is 5.32 Å². The van der Waals surface area contributed by atoms with Crippen LogP contribution in [0.1, 0.15) is 112 Å². The lowest BCUT2D eigenvalue weighted by Gasteiger charge is -2.63. The molecule has 5 fully saturated rings. The molecule has 0 spiro atoms. The van der Waals surface area contributed by atoms with Crippen LogP contribution in [-0.2, 0) is 47.5 Å². The number of alkyl carbamates (subject to hydrolysis) is 1. The van der Waals surface area contributed by atoms with E-state index in [0.717, 1.165) is 31.8 Å². The Balaban J connectivity index is 0.740. The second kappa shape index (κ2) is 24.9. The molecule has 0 radical (unpaired) electrons. The zero-order valence-electron chi connectivity index (χ0n) is 43.6. The van der Waals surface area contributed by atoms with Gasteiger partial charge in [0.1, 0.15) is 12.0 Å². The first-order chi connectivity index (χ1) is 34.8.